The van der Waals surface area contributed by atoms with Crippen molar-refractivity contribution in [3.8, 4) is 0 Å². The molecule has 0 saturated carbocycles. The van der Waals surface area contributed by atoms with E-state index < -0.39 is 5.60 Å². The molecular weight excluding hydrogens is 242 g/mol. The second-order valence-corrected chi connectivity index (χ2v) is 5.66. The zero-order chi connectivity index (χ0) is 14.5. The molecule has 0 fully saturated rings. The van der Waals surface area contributed by atoms with Crippen LogP contribution in [-0.2, 0) is 0 Å². The lowest BCUT2D eigenvalue weighted by Crippen LogP contribution is -2.41. The molecule has 2 N–H and O–H groups in total. The van der Waals surface area contributed by atoms with Crippen molar-refractivity contribution in [3.05, 3.63) is 23.8 Å². The summed E-state index contributed by atoms with van der Waals surface area (Å²) in [6.07, 6.45) is 4.57. The first-order chi connectivity index (χ1) is 8.80. The van der Waals surface area contributed by atoms with Crippen molar-refractivity contribution in [2.75, 3.05) is 6.54 Å². The second-order valence-electron chi connectivity index (χ2n) is 5.66. The van der Waals surface area contributed by atoms with Gasteiger partial charge in [-0.3, -0.25) is 9.78 Å². The highest BCUT2D eigenvalue weighted by atomic mass is 16.3. The fraction of sp³-hybridized carbons (Fsp3) is 0.643. The van der Waals surface area contributed by atoms with Crippen molar-refractivity contribution >= 4 is 5.91 Å². The third-order valence-electron chi connectivity index (χ3n) is 2.90. The fourth-order valence-electron chi connectivity index (χ4n) is 1.56. The van der Waals surface area contributed by atoms with E-state index in [4.69, 9.17) is 0 Å². The maximum Gasteiger partial charge on any atom is 0.271 e. The van der Waals surface area contributed by atoms with Crippen molar-refractivity contribution in [2.45, 2.75) is 46.1 Å². The number of rotatable bonds is 6. The minimum Gasteiger partial charge on any atom is -0.388 e. The van der Waals surface area contributed by atoms with Gasteiger partial charge in [0.1, 0.15) is 5.69 Å². The van der Waals surface area contributed by atoms with Crippen molar-refractivity contribution in [1.29, 1.82) is 0 Å². The van der Waals surface area contributed by atoms with E-state index in [9.17, 15) is 9.90 Å². The first-order valence-electron chi connectivity index (χ1n) is 6.59. The largest absolute Gasteiger partial charge is 0.388 e. The first kappa shape index (κ1) is 15.6. The molecule has 1 atom stereocenters. The molecule has 0 aliphatic heterocycles. The summed E-state index contributed by atoms with van der Waals surface area (Å²) in [5, 5.41) is 12.8. The minimum absolute atomic E-state index is 0.216. The SMILES string of the molecule is Cc1cnc(C(=O)NCC(C)(O)CCC(C)C)cn1. The van der Waals surface area contributed by atoms with Gasteiger partial charge in [-0.05, 0) is 32.6 Å². The second kappa shape index (κ2) is 6.61. The molecule has 0 saturated heterocycles. The average Bonchev–Trinajstić information content (AvgIpc) is 2.35. The van der Waals surface area contributed by atoms with Gasteiger partial charge in [0.25, 0.3) is 5.91 Å². The molecule has 5 heteroatoms. The molecule has 1 amide bonds. The van der Waals surface area contributed by atoms with Gasteiger partial charge < -0.3 is 10.4 Å². The normalized spacial score (nSPS) is 14.2. The molecule has 5 nitrogen and oxygen atoms in total. The Morgan fingerprint density at radius 3 is 2.63 bits per heavy atom. The number of aryl methyl sites for hydroxylation is 1. The summed E-state index contributed by atoms with van der Waals surface area (Å²) in [5.74, 6) is 0.225. The van der Waals surface area contributed by atoms with Gasteiger partial charge in [-0.1, -0.05) is 13.8 Å². The van der Waals surface area contributed by atoms with E-state index in [0.717, 1.165) is 12.1 Å². The predicted octanol–water partition coefficient (Wildman–Crippen LogP) is 1.70. The Bertz CT molecular complexity index is 413. The number of aromatic nitrogens is 2. The van der Waals surface area contributed by atoms with E-state index in [1.807, 2.05) is 6.92 Å². The van der Waals surface area contributed by atoms with E-state index in [0.29, 0.717) is 12.3 Å². The summed E-state index contributed by atoms with van der Waals surface area (Å²) in [7, 11) is 0. The maximum atomic E-state index is 11.8. The standard InChI is InChI=1S/C14H23N3O2/c1-10(2)5-6-14(4,19)9-17-13(18)12-8-15-11(3)7-16-12/h7-8,10,19H,5-6,9H2,1-4H3,(H,17,18). The summed E-state index contributed by atoms with van der Waals surface area (Å²) >= 11 is 0. The van der Waals surface area contributed by atoms with Crippen molar-refractivity contribution < 1.29 is 9.90 Å². The summed E-state index contributed by atoms with van der Waals surface area (Å²) in [6, 6.07) is 0. The van der Waals surface area contributed by atoms with Crippen LogP contribution in [0.5, 0.6) is 0 Å². The van der Waals surface area contributed by atoms with E-state index in [-0.39, 0.29) is 18.1 Å². The van der Waals surface area contributed by atoms with Gasteiger partial charge in [0.2, 0.25) is 0 Å². The van der Waals surface area contributed by atoms with E-state index >= 15 is 0 Å². The maximum absolute atomic E-state index is 11.8. The minimum atomic E-state index is -0.891. The molecule has 1 heterocycles. The number of nitrogens with one attached hydrogen (secondary N) is 1. The van der Waals surface area contributed by atoms with E-state index in [1.165, 1.54) is 6.20 Å². The monoisotopic (exact) mass is 265 g/mol. The third-order valence-corrected chi connectivity index (χ3v) is 2.90. The molecule has 0 radical (unpaired) electrons. The van der Waals surface area contributed by atoms with Crippen LogP contribution in [0.1, 0.15) is 49.8 Å². The van der Waals surface area contributed by atoms with Crippen LogP contribution in [0.25, 0.3) is 0 Å². The van der Waals surface area contributed by atoms with E-state index in [1.54, 1.807) is 13.1 Å². The Balaban J connectivity index is 2.47. The Hall–Kier alpha value is -1.49. The Morgan fingerprint density at radius 2 is 2.11 bits per heavy atom. The highest BCUT2D eigenvalue weighted by molar-refractivity contribution is 5.91. The summed E-state index contributed by atoms with van der Waals surface area (Å²) in [5.41, 5.74) is 0.142. The number of carbonyl (C=O) groups excluding carboxylic acids is 1. The zero-order valence-corrected chi connectivity index (χ0v) is 12.1. The van der Waals surface area contributed by atoms with Crippen LogP contribution in [0.3, 0.4) is 0 Å². The van der Waals surface area contributed by atoms with Crippen LogP contribution in [0, 0.1) is 12.8 Å². The molecule has 1 aromatic heterocycles. The summed E-state index contributed by atoms with van der Waals surface area (Å²) in [4.78, 5) is 19.8. The molecule has 0 spiro atoms. The number of hydrogen-bond acceptors (Lipinski definition) is 4. The van der Waals surface area contributed by atoms with Crippen LogP contribution in [0.4, 0.5) is 0 Å². The quantitative estimate of drug-likeness (QED) is 0.821. The number of amides is 1. The molecule has 1 aromatic rings. The molecule has 1 unspecified atom stereocenters. The molecule has 19 heavy (non-hydrogen) atoms. The fourth-order valence-corrected chi connectivity index (χ4v) is 1.56. The Labute approximate surface area is 114 Å². The highest BCUT2D eigenvalue weighted by Gasteiger charge is 2.22. The van der Waals surface area contributed by atoms with Gasteiger partial charge in [-0.2, -0.15) is 0 Å². The Morgan fingerprint density at radius 1 is 1.42 bits per heavy atom. The van der Waals surface area contributed by atoms with Crippen LogP contribution < -0.4 is 5.32 Å². The van der Waals surface area contributed by atoms with Crippen LogP contribution in [0.2, 0.25) is 0 Å². The lowest BCUT2D eigenvalue weighted by Gasteiger charge is -2.24. The van der Waals surface area contributed by atoms with Crippen molar-refractivity contribution in [1.82, 2.24) is 15.3 Å². The number of carbonyl (C=O) groups is 1. The lowest BCUT2D eigenvalue weighted by atomic mass is 9.95. The van der Waals surface area contributed by atoms with Gasteiger partial charge in [0.05, 0.1) is 17.5 Å². The molecule has 106 valence electrons. The van der Waals surface area contributed by atoms with Crippen LogP contribution in [0.15, 0.2) is 12.4 Å². The van der Waals surface area contributed by atoms with Gasteiger partial charge in [0.15, 0.2) is 0 Å². The summed E-state index contributed by atoms with van der Waals surface area (Å²) < 4.78 is 0. The van der Waals surface area contributed by atoms with Crippen molar-refractivity contribution in [3.63, 3.8) is 0 Å². The zero-order valence-electron chi connectivity index (χ0n) is 12.1. The third kappa shape index (κ3) is 5.79. The molecule has 0 aliphatic rings. The first-order valence-corrected chi connectivity index (χ1v) is 6.59. The Kier molecular flexibility index (Phi) is 5.42. The number of nitrogens with zero attached hydrogens (tertiary/aromatic N) is 2. The summed E-state index contributed by atoms with van der Waals surface area (Å²) in [6.45, 7) is 7.98. The van der Waals surface area contributed by atoms with E-state index in [2.05, 4.69) is 29.1 Å². The molecule has 0 aliphatic carbocycles. The van der Waals surface area contributed by atoms with Gasteiger partial charge >= 0.3 is 0 Å². The van der Waals surface area contributed by atoms with Crippen LogP contribution >= 0.6 is 0 Å². The van der Waals surface area contributed by atoms with Crippen LogP contribution in [-0.4, -0.2) is 33.1 Å². The van der Waals surface area contributed by atoms with Gasteiger partial charge in [0, 0.05) is 12.7 Å². The van der Waals surface area contributed by atoms with Crippen molar-refractivity contribution in [2.24, 2.45) is 5.92 Å². The predicted molar refractivity (Wildman–Crippen MR) is 73.8 cm³/mol. The average molecular weight is 265 g/mol. The lowest BCUT2D eigenvalue weighted by molar-refractivity contribution is 0.0428. The highest BCUT2D eigenvalue weighted by Crippen LogP contribution is 2.15. The van der Waals surface area contributed by atoms with Gasteiger partial charge in [-0.25, -0.2) is 4.98 Å². The number of aliphatic hydroxyl groups is 1. The molecule has 1 rings (SSSR count). The molecule has 0 aromatic carbocycles. The molecule has 0 bridgehead atoms. The number of hydrogen-bond donors (Lipinski definition) is 2. The smallest absolute Gasteiger partial charge is 0.271 e. The topological polar surface area (TPSA) is 75.1 Å². The molecular formula is C14H23N3O2. The van der Waals surface area contributed by atoms with Gasteiger partial charge in [-0.15, -0.1) is 0 Å².